The van der Waals surface area contributed by atoms with Gasteiger partial charge < -0.3 is 5.73 Å². The van der Waals surface area contributed by atoms with Crippen LogP contribution in [0.25, 0.3) is 0 Å². The monoisotopic (exact) mass is 425 g/mol. The summed E-state index contributed by atoms with van der Waals surface area (Å²) < 4.78 is 53.6. The Labute approximate surface area is 135 Å². The standard InChI is InChI=1S/C14H9Br2F4N/c15-7-4-5-11(16)9(6-7)13(21)8-2-1-3-10(12(8)17)14(18,19)20/h1-6,13H,21H2. The van der Waals surface area contributed by atoms with Crippen molar-refractivity contribution in [2.75, 3.05) is 0 Å². The van der Waals surface area contributed by atoms with Crippen LogP contribution >= 0.6 is 31.9 Å². The van der Waals surface area contributed by atoms with Crippen molar-refractivity contribution in [3.63, 3.8) is 0 Å². The minimum Gasteiger partial charge on any atom is -0.320 e. The first-order valence-corrected chi connectivity index (χ1v) is 7.36. The molecule has 2 aromatic rings. The van der Waals surface area contributed by atoms with Crippen LogP contribution in [0.2, 0.25) is 0 Å². The predicted molar refractivity (Wildman–Crippen MR) is 79.3 cm³/mol. The van der Waals surface area contributed by atoms with Crippen LogP contribution in [-0.4, -0.2) is 0 Å². The summed E-state index contributed by atoms with van der Waals surface area (Å²) in [5.41, 5.74) is 4.91. The quantitative estimate of drug-likeness (QED) is 0.637. The molecule has 2 rings (SSSR count). The third-order valence-corrected chi connectivity index (χ3v) is 4.18. The molecule has 0 aromatic heterocycles. The van der Waals surface area contributed by atoms with Crippen LogP contribution in [0.15, 0.2) is 45.3 Å². The van der Waals surface area contributed by atoms with E-state index in [0.29, 0.717) is 20.6 Å². The maximum atomic E-state index is 14.1. The highest BCUT2D eigenvalue weighted by Crippen LogP contribution is 2.36. The van der Waals surface area contributed by atoms with Gasteiger partial charge in [-0.3, -0.25) is 0 Å². The fraction of sp³-hybridized carbons (Fsp3) is 0.143. The lowest BCUT2D eigenvalue weighted by Gasteiger charge is -2.18. The maximum Gasteiger partial charge on any atom is 0.419 e. The molecule has 0 aliphatic carbocycles. The normalized spacial score (nSPS) is 13.3. The first-order chi connectivity index (χ1) is 9.71. The zero-order chi connectivity index (χ0) is 15.8. The molecule has 112 valence electrons. The van der Waals surface area contributed by atoms with Gasteiger partial charge in [-0.1, -0.05) is 44.0 Å². The van der Waals surface area contributed by atoms with Crippen LogP contribution in [-0.2, 0) is 6.18 Å². The highest BCUT2D eigenvalue weighted by Gasteiger charge is 2.35. The summed E-state index contributed by atoms with van der Waals surface area (Å²) in [6.45, 7) is 0. The molecule has 0 spiro atoms. The van der Waals surface area contributed by atoms with Crippen LogP contribution in [0.4, 0.5) is 17.6 Å². The van der Waals surface area contributed by atoms with Crippen LogP contribution in [0.3, 0.4) is 0 Å². The van der Waals surface area contributed by atoms with E-state index in [0.717, 1.165) is 6.07 Å². The second kappa shape index (κ2) is 6.06. The predicted octanol–water partition coefficient (Wildman–Crippen LogP) is 5.42. The van der Waals surface area contributed by atoms with Crippen molar-refractivity contribution >= 4 is 31.9 Å². The Morgan fingerprint density at radius 2 is 1.67 bits per heavy atom. The van der Waals surface area contributed by atoms with E-state index in [1.807, 2.05) is 0 Å². The fourth-order valence-electron chi connectivity index (χ4n) is 1.93. The molecule has 1 unspecified atom stereocenters. The number of halogens is 6. The lowest BCUT2D eigenvalue weighted by Crippen LogP contribution is -2.17. The van der Waals surface area contributed by atoms with Crippen LogP contribution in [0.1, 0.15) is 22.7 Å². The second-order valence-electron chi connectivity index (χ2n) is 4.35. The molecule has 0 amide bonds. The summed E-state index contributed by atoms with van der Waals surface area (Å²) in [5.74, 6) is -1.34. The molecular weight excluding hydrogens is 418 g/mol. The third kappa shape index (κ3) is 3.46. The number of alkyl halides is 3. The number of hydrogen-bond acceptors (Lipinski definition) is 1. The van der Waals surface area contributed by atoms with Crippen molar-refractivity contribution in [2.24, 2.45) is 5.73 Å². The van der Waals surface area contributed by atoms with Gasteiger partial charge in [0.1, 0.15) is 5.82 Å². The van der Waals surface area contributed by atoms with Crippen molar-refractivity contribution in [1.29, 1.82) is 0 Å². The smallest absolute Gasteiger partial charge is 0.320 e. The molecule has 0 radical (unpaired) electrons. The highest BCUT2D eigenvalue weighted by atomic mass is 79.9. The summed E-state index contributed by atoms with van der Waals surface area (Å²) in [7, 11) is 0. The molecule has 0 saturated carbocycles. The molecule has 0 saturated heterocycles. The van der Waals surface area contributed by atoms with Gasteiger partial charge in [-0.25, -0.2) is 4.39 Å². The second-order valence-corrected chi connectivity index (χ2v) is 6.12. The highest BCUT2D eigenvalue weighted by molar-refractivity contribution is 9.11. The molecule has 0 aliphatic rings. The molecule has 1 atom stereocenters. The number of hydrogen-bond donors (Lipinski definition) is 1. The fourth-order valence-corrected chi connectivity index (χ4v) is 2.80. The van der Waals surface area contributed by atoms with Crippen LogP contribution in [0, 0.1) is 5.82 Å². The van der Waals surface area contributed by atoms with E-state index in [2.05, 4.69) is 31.9 Å². The number of rotatable bonds is 2. The van der Waals surface area contributed by atoms with Gasteiger partial charge in [0.05, 0.1) is 11.6 Å². The van der Waals surface area contributed by atoms with Crippen LogP contribution in [0.5, 0.6) is 0 Å². The summed E-state index contributed by atoms with van der Waals surface area (Å²) in [6.07, 6.45) is -4.76. The summed E-state index contributed by atoms with van der Waals surface area (Å²) in [6, 6.07) is 7.14. The third-order valence-electron chi connectivity index (χ3n) is 2.96. The van der Waals surface area contributed by atoms with E-state index >= 15 is 0 Å². The molecule has 21 heavy (non-hydrogen) atoms. The molecule has 7 heteroatoms. The molecule has 1 nitrogen and oxygen atoms in total. The summed E-state index contributed by atoms with van der Waals surface area (Å²) in [5, 5.41) is 0. The van der Waals surface area contributed by atoms with Gasteiger partial charge >= 0.3 is 6.18 Å². The van der Waals surface area contributed by atoms with E-state index in [-0.39, 0.29) is 5.56 Å². The van der Waals surface area contributed by atoms with E-state index < -0.39 is 23.6 Å². The zero-order valence-electron chi connectivity index (χ0n) is 10.4. The van der Waals surface area contributed by atoms with Crippen molar-refractivity contribution in [2.45, 2.75) is 12.2 Å². The Morgan fingerprint density at radius 3 is 2.29 bits per heavy atom. The Bertz CT molecular complexity index is 671. The van der Waals surface area contributed by atoms with Gasteiger partial charge in [-0.15, -0.1) is 0 Å². The first kappa shape index (κ1) is 16.5. The van der Waals surface area contributed by atoms with Gasteiger partial charge in [0, 0.05) is 14.5 Å². The van der Waals surface area contributed by atoms with Gasteiger partial charge in [0.2, 0.25) is 0 Å². The van der Waals surface area contributed by atoms with Gasteiger partial charge in [0.15, 0.2) is 0 Å². The molecule has 2 aromatic carbocycles. The number of nitrogens with two attached hydrogens (primary N) is 1. The minimum atomic E-state index is -4.76. The van der Waals surface area contributed by atoms with Gasteiger partial charge in [0.25, 0.3) is 0 Å². The topological polar surface area (TPSA) is 26.0 Å². The van der Waals surface area contributed by atoms with E-state index in [9.17, 15) is 17.6 Å². The molecule has 0 fully saturated rings. The van der Waals surface area contributed by atoms with E-state index in [1.54, 1.807) is 18.2 Å². The Morgan fingerprint density at radius 1 is 1.00 bits per heavy atom. The molecular formula is C14H9Br2F4N. The maximum absolute atomic E-state index is 14.1. The molecule has 0 aliphatic heterocycles. The molecule has 0 bridgehead atoms. The lowest BCUT2D eigenvalue weighted by atomic mass is 9.97. The Kier molecular flexibility index (Phi) is 4.75. The zero-order valence-corrected chi connectivity index (χ0v) is 13.6. The minimum absolute atomic E-state index is 0.205. The summed E-state index contributed by atoms with van der Waals surface area (Å²) >= 11 is 6.52. The van der Waals surface area contributed by atoms with Crippen molar-refractivity contribution in [3.8, 4) is 0 Å². The molecule has 0 heterocycles. The average molecular weight is 427 g/mol. The summed E-state index contributed by atoms with van der Waals surface area (Å²) in [4.78, 5) is 0. The van der Waals surface area contributed by atoms with Gasteiger partial charge in [-0.05, 0) is 29.8 Å². The average Bonchev–Trinajstić information content (AvgIpc) is 2.39. The SMILES string of the molecule is NC(c1cc(Br)ccc1Br)c1cccc(C(F)(F)F)c1F. The number of benzene rings is 2. The Hall–Kier alpha value is -0.920. The van der Waals surface area contributed by atoms with Gasteiger partial charge in [-0.2, -0.15) is 13.2 Å². The lowest BCUT2D eigenvalue weighted by molar-refractivity contribution is -0.140. The first-order valence-electron chi connectivity index (χ1n) is 5.78. The van der Waals surface area contributed by atoms with E-state index in [4.69, 9.17) is 5.73 Å². The molecule has 2 N–H and O–H groups in total. The van der Waals surface area contributed by atoms with Crippen molar-refractivity contribution < 1.29 is 17.6 Å². The van der Waals surface area contributed by atoms with E-state index in [1.165, 1.54) is 6.07 Å². The van der Waals surface area contributed by atoms with Crippen molar-refractivity contribution in [3.05, 3.63) is 67.9 Å². The van der Waals surface area contributed by atoms with Crippen LogP contribution < -0.4 is 5.73 Å². The largest absolute Gasteiger partial charge is 0.419 e. The van der Waals surface area contributed by atoms with Crippen molar-refractivity contribution in [1.82, 2.24) is 0 Å². The Balaban J connectivity index is 2.54.